The smallest absolute Gasteiger partial charge is 0.258 e. The Balaban J connectivity index is 5.16. The van der Waals surface area contributed by atoms with Crippen molar-refractivity contribution in [2.75, 3.05) is 25.4 Å². The number of nitrogens with zero attached hydrogens (tertiary/aromatic N) is 1. The van der Waals surface area contributed by atoms with Crippen LogP contribution in [-0.2, 0) is 14.4 Å². The summed E-state index contributed by atoms with van der Waals surface area (Å²) in [5.41, 5.74) is -1.08. The van der Waals surface area contributed by atoms with E-state index in [4.69, 9.17) is 0 Å². The van der Waals surface area contributed by atoms with Crippen molar-refractivity contribution < 1.29 is 24.6 Å². The van der Waals surface area contributed by atoms with E-state index in [1.807, 2.05) is 6.92 Å². The minimum atomic E-state index is -1.53. The van der Waals surface area contributed by atoms with Gasteiger partial charge in [-0.3, -0.25) is 19.3 Å². The van der Waals surface area contributed by atoms with Crippen LogP contribution in [0.2, 0.25) is 0 Å². The second kappa shape index (κ2) is 10.7. The summed E-state index contributed by atoms with van der Waals surface area (Å²) in [6, 6.07) is 0. The molecule has 0 aromatic heterocycles. The molecular formula is C16H30N2O5S. The number of amides is 3. The van der Waals surface area contributed by atoms with Crippen LogP contribution in [-0.4, -0.2) is 64.4 Å². The van der Waals surface area contributed by atoms with Gasteiger partial charge in [-0.2, -0.15) is 12.6 Å². The van der Waals surface area contributed by atoms with E-state index in [2.05, 4.69) is 17.9 Å². The fourth-order valence-electron chi connectivity index (χ4n) is 1.84. The quantitative estimate of drug-likeness (QED) is 0.416. The number of hydrogen-bond donors (Lipinski definition) is 4. The number of hydrogen-bond acceptors (Lipinski definition) is 6. The van der Waals surface area contributed by atoms with Crippen LogP contribution < -0.4 is 5.32 Å². The number of rotatable bonds is 10. The van der Waals surface area contributed by atoms with Gasteiger partial charge in [-0.1, -0.05) is 27.7 Å². The largest absolute Gasteiger partial charge is 0.396 e. The van der Waals surface area contributed by atoms with Gasteiger partial charge >= 0.3 is 0 Å². The Kier molecular flexibility index (Phi) is 10.2. The summed E-state index contributed by atoms with van der Waals surface area (Å²) in [4.78, 5) is 37.6. The SMILES string of the molecule is CCC(C)C(=O)N(CCC(=O)NCCS)C(=O)[C@H](O)C(C)(C)CO. The fraction of sp³-hybridized carbons (Fsp3) is 0.812. The van der Waals surface area contributed by atoms with E-state index in [0.717, 1.165) is 4.90 Å². The average molecular weight is 362 g/mol. The molecule has 0 rings (SSSR count). The molecule has 24 heavy (non-hydrogen) atoms. The zero-order valence-electron chi connectivity index (χ0n) is 14.9. The van der Waals surface area contributed by atoms with Crippen LogP contribution in [0.5, 0.6) is 0 Å². The fourth-order valence-corrected chi connectivity index (χ4v) is 1.95. The number of aliphatic hydroxyl groups excluding tert-OH is 2. The first-order valence-electron chi connectivity index (χ1n) is 8.14. The van der Waals surface area contributed by atoms with Gasteiger partial charge in [0.25, 0.3) is 5.91 Å². The maximum atomic E-state index is 12.5. The summed E-state index contributed by atoms with van der Waals surface area (Å²) in [5.74, 6) is -1.43. The molecule has 0 aromatic carbocycles. The monoisotopic (exact) mass is 362 g/mol. The van der Waals surface area contributed by atoms with Crippen LogP contribution in [0, 0.1) is 11.3 Å². The van der Waals surface area contributed by atoms with Gasteiger partial charge in [0.2, 0.25) is 11.8 Å². The summed E-state index contributed by atoms with van der Waals surface area (Å²) < 4.78 is 0. The third-order valence-corrected chi connectivity index (χ3v) is 4.17. The summed E-state index contributed by atoms with van der Waals surface area (Å²) >= 11 is 3.99. The van der Waals surface area contributed by atoms with E-state index < -0.39 is 35.9 Å². The van der Waals surface area contributed by atoms with Gasteiger partial charge in [0.1, 0.15) is 6.10 Å². The normalized spacial score (nSPS) is 14.0. The van der Waals surface area contributed by atoms with Crippen molar-refractivity contribution in [1.29, 1.82) is 0 Å². The molecular weight excluding hydrogens is 332 g/mol. The molecule has 140 valence electrons. The Labute approximate surface area is 149 Å². The molecule has 3 amide bonds. The van der Waals surface area contributed by atoms with Gasteiger partial charge in [-0.25, -0.2) is 0 Å². The van der Waals surface area contributed by atoms with Gasteiger partial charge in [0.05, 0.1) is 6.61 Å². The highest BCUT2D eigenvalue weighted by Crippen LogP contribution is 2.22. The van der Waals surface area contributed by atoms with Crippen molar-refractivity contribution in [3.8, 4) is 0 Å². The molecule has 0 saturated carbocycles. The van der Waals surface area contributed by atoms with Crippen LogP contribution >= 0.6 is 12.6 Å². The van der Waals surface area contributed by atoms with Crippen molar-refractivity contribution >= 4 is 30.4 Å². The highest BCUT2D eigenvalue weighted by Gasteiger charge is 2.38. The zero-order valence-corrected chi connectivity index (χ0v) is 15.8. The first-order valence-corrected chi connectivity index (χ1v) is 8.77. The lowest BCUT2D eigenvalue weighted by atomic mass is 9.86. The Bertz CT molecular complexity index is 442. The molecule has 0 heterocycles. The lowest BCUT2D eigenvalue weighted by molar-refractivity contribution is -0.158. The maximum Gasteiger partial charge on any atom is 0.258 e. The molecule has 0 aliphatic carbocycles. The third kappa shape index (κ3) is 6.78. The molecule has 0 aliphatic rings. The standard InChI is InChI=1S/C16H30N2O5S/c1-5-11(2)14(22)18(8-6-12(20)17-7-9-24)15(23)13(21)16(3,4)10-19/h11,13,19,21,24H,5-10H2,1-4H3,(H,17,20)/t11?,13-/m0/s1. The molecule has 7 nitrogen and oxygen atoms in total. The van der Waals surface area contributed by atoms with Crippen LogP contribution in [0.25, 0.3) is 0 Å². The van der Waals surface area contributed by atoms with E-state index in [0.29, 0.717) is 18.7 Å². The van der Waals surface area contributed by atoms with E-state index in [9.17, 15) is 24.6 Å². The Hall–Kier alpha value is -1.12. The minimum absolute atomic E-state index is 0.0477. The van der Waals surface area contributed by atoms with Gasteiger partial charge in [0.15, 0.2) is 0 Å². The van der Waals surface area contributed by atoms with Crippen molar-refractivity contribution in [2.24, 2.45) is 11.3 Å². The van der Waals surface area contributed by atoms with Crippen molar-refractivity contribution in [1.82, 2.24) is 10.2 Å². The first-order chi connectivity index (χ1) is 11.1. The molecule has 0 saturated heterocycles. The van der Waals surface area contributed by atoms with Gasteiger partial charge < -0.3 is 15.5 Å². The number of thiol groups is 1. The molecule has 0 aliphatic heterocycles. The van der Waals surface area contributed by atoms with E-state index in [1.165, 1.54) is 13.8 Å². The Morgan fingerprint density at radius 1 is 1.25 bits per heavy atom. The molecule has 8 heteroatoms. The number of nitrogens with one attached hydrogen (secondary N) is 1. The molecule has 1 unspecified atom stereocenters. The second-order valence-electron chi connectivity index (χ2n) is 6.51. The van der Waals surface area contributed by atoms with E-state index in [1.54, 1.807) is 6.92 Å². The molecule has 0 aromatic rings. The van der Waals surface area contributed by atoms with Crippen molar-refractivity contribution in [2.45, 2.75) is 46.6 Å². The molecule has 0 fully saturated rings. The summed E-state index contributed by atoms with van der Waals surface area (Å²) in [6.07, 6.45) is -1.04. The van der Waals surface area contributed by atoms with Gasteiger partial charge in [-0.15, -0.1) is 0 Å². The number of carbonyl (C=O) groups is 3. The molecule has 0 radical (unpaired) electrons. The average Bonchev–Trinajstić information content (AvgIpc) is 2.57. The van der Waals surface area contributed by atoms with Crippen LogP contribution in [0.4, 0.5) is 0 Å². The number of imide groups is 1. The third-order valence-electron chi connectivity index (χ3n) is 3.94. The molecule has 0 bridgehead atoms. The van der Waals surface area contributed by atoms with Crippen LogP contribution in [0.3, 0.4) is 0 Å². The Morgan fingerprint density at radius 2 is 1.83 bits per heavy atom. The number of carbonyl (C=O) groups excluding carboxylic acids is 3. The summed E-state index contributed by atoms with van der Waals surface area (Å²) in [5, 5.41) is 22.1. The maximum absolute atomic E-state index is 12.5. The van der Waals surface area contributed by atoms with Gasteiger partial charge in [0, 0.05) is 36.6 Å². The lowest BCUT2D eigenvalue weighted by Crippen LogP contribution is -2.51. The lowest BCUT2D eigenvalue weighted by Gasteiger charge is -2.32. The minimum Gasteiger partial charge on any atom is -0.396 e. The van der Waals surface area contributed by atoms with Crippen LogP contribution in [0.15, 0.2) is 0 Å². The van der Waals surface area contributed by atoms with E-state index >= 15 is 0 Å². The predicted octanol–water partition coefficient (Wildman–Crippen LogP) is 0.203. The summed E-state index contributed by atoms with van der Waals surface area (Å²) in [6.45, 7) is 6.44. The van der Waals surface area contributed by atoms with Crippen molar-refractivity contribution in [3.05, 3.63) is 0 Å². The number of aliphatic hydroxyl groups is 2. The predicted molar refractivity (Wildman–Crippen MR) is 94.5 cm³/mol. The first kappa shape index (κ1) is 22.9. The highest BCUT2D eigenvalue weighted by atomic mass is 32.1. The van der Waals surface area contributed by atoms with Crippen LogP contribution in [0.1, 0.15) is 40.5 Å². The topological polar surface area (TPSA) is 107 Å². The molecule has 0 spiro atoms. The molecule has 2 atom stereocenters. The second-order valence-corrected chi connectivity index (χ2v) is 6.96. The highest BCUT2D eigenvalue weighted by molar-refractivity contribution is 7.80. The summed E-state index contributed by atoms with van der Waals surface area (Å²) in [7, 11) is 0. The van der Waals surface area contributed by atoms with Crippen molar-refractivity contribution in [3.63, 3.8) is 0 Å². The zero-order chi connectivity index (χ0) is 18.9. The molecule has 3 N–H and O–H groups in total. The van der Waals surface area contributed by atoms with E-state index in [-0.39, 0.29) is 18.9 Å². The van der Waals surface area contributed by atoms with Gasteiger partial charge in [-0.05, 0) is 6.42 Å². The Morgan fingerprint density at radius 3 is 2.29 bits per heavy atom.